The van der Waals surface area contributed by atoms with E-state index in [0.29, 0.717) is 25.8 Å². The van der Waals surface area contributed by atoms with E-state index in [1.54, 1.807) is 6.92 Å². The van der Waals surface area contributed by atoms with Crippen molar-refractivity contribution in [2.24, 2.45) is 0 Å². The molecule has 1 atom stereocenters. The lowest BCUT2D eigenvalue weighted by molar-refractivity contribution is 0.110. The summed E-state index contributed by atoms with van der Waals surface area (Å²) in [6.07, 6.45) is 2.21. The normalized spacial score (nSPS) is 27.9. The van der Waals surface area contributed by atoms with E-state index in [9.17, 15) is 12.8 Å². The lowest BCUT2D eigenvalue weighted by Crippen LogP contribution is -2.42. The predicted octanol–water partition coefficient (Wildman–Crippen LogP) is 1.29. The molecule has 1 N–H and O–H groups in total. The zero-order valence-corrected chi connectivity index (χ0v) is 10.1. The van der Waals surface area contributed by atoms with Crippen molar-refractivity contribution in [3.05, 3.63) is 0 Å². The minimum atomic E-state index is -2.93. The molecule has 0 aromatic rings. The van der Waals surface area contributed by atoms with Gasteiger partial charge in [-0.2, -0.15) is 0 Å². The highest BCUT2D eigenvalue weighted by atomic mass is 32.2. The van der Waals surface area contributed by atoms with Gasteiger partial charge in [-0.3, -0.25) is 0 Å². The first-order valence-electron chi connectivity index (χ1n) is 5.57. The van der Waals surface area contributed by atoms with E-state index < -0.39 is 15.5 Å². The van der Waals surface area contributed by atoms with Crippen LogP contribution in [0.5, 0.6) is 0 Å². The van der Waals surface area contributed by atoms with Crippen LogP contribution in [0.15, 0.2) is 0 Å². The van der Waals surface area contributed by atoms with Gasteiger partial charge in [-0.05, 0) is 32.2 Å². The van der Waals surface area contributed by atoms with E-state index in [-0.39, 0.29) is 11.5 Å². The van der Waals surface area contributed by atoms with Crippen molar-refractivity contribution in [2.45, 2.75) is 38.3 Å². The Hall–Kier alpha value is -0.160. The molecule has 15 heavy (non-hydrogen) atoms. The maximum Gasteiger partial charge on any atom is 0.150 e. The molecule has 1 aliphatic rings. The fraction of sp³-hybridized carbons (Fsp3) is 1.00. The van der Waals surface area contributed by atoms with Crippen LogP contribution in [0.4, 0.5) is 4.39 Å². The minimum absolute atomic E-state index is 0.120. The summed E-state index contributed by atoms with van der Waals surface area (Å²) in [7, 11) is -2.93. The molecular formula is C10H20FNO2S. The highest BCUT2D eigenvalue weighted by molar-refractivity contribution is 7.91. The second kappa shape index (κ2) is 5.25. The van der Waals surface area contributed by atoms with Crippen molar-refractivity contribution >= 4 is 9.84 Å². The van der Waals surface area contributed by atoms with Crippen molar-refractivity contribution in [3.8, 4) is 0 Å². The van der Waals surface area contributed by atoms with Gasteiger partial charge in [0.2, 0.25) is 0 Å². The highest BCUT2D eigenvalue weighted by Crippen LogP contribution is 2.26. The van der Waals surface area contributed by atoms with Crippen LogP contribution in [-0.2, 0) is 9.84 Å². The summed E-state index contributed by atoms with van der Waals surface area (Å²) in [6.45, 7) is 2.88. The predicted molar refractivity (Wildman–Crippen MR) is 59.5 cm³/mol. The van der Waals surface area contributed by atoms with Crippen molar-refractivity contribution in [2.75, 3.05) is 24.6 Å². The number of piperidine rings is 1. The largest absolute Gasteiger partial charge is 0.314 e. The van der Waals surface area contributed by atoms with E-state index in [2.05, 4.69) is 5.32 Å². The molecule has 0 aromatic heterocycles. The summed E-state index contributed by atoms with van der Waals surface area (Å²) in [6, 6.07) is 0. The molecule has 1 heterocycles. The van der Waals surface area contributed by atoms with Crippen LogP contribution in [0.25, 0.3) is 0 Å². The van der Waals surface area contributed by atoms with Gasteiger partial charge in [-0.1, -0.05) is 6.92 Å². The molecule has 1 fully saturated rings. The summed E-state index contributed by atoms with van der Waals surface area (Å²) in [5, 5.41) is 3.01. The number of hydrogen-bond acceptors (Lipinski definition) is 3. The molecule has 1 unspecified atom stereocenters. The molecule has 0 saturated carbocycles. The van der Waals surface area contributed by atoms with Crippen molar-refractivity contribution in [1.29, 1.82) is 0 Å². The van der Waals surface area contributed by atoms with Gasteiger partial charge in [0.25, 0.3) is 0 Å². The SMILES string of the molecule is CCS(=O)(=O)CCCC1(F)CCCNC1. The molecule has 0 amide bonds. The molecule has 1 rings (SSSR count). The van der Waals surface area contributed by atoms with Gasteiger partial charge in [0.05, 0.1) is 5.75 Å². The Morgan fingerprint density at radius 2 is 2.20 bits per heavy atom. The average Bonchev–Trinajstić information content (AvgIpc) is 2.18. The topological polar surface area (TPSA) is 46.2 Å². The molecule has 0 aromatic carbocycles. The van der Waals surface area contributed by atoms with Crippen LogP contribution in [-0.4, -0.2) is 38.7 Å². The van der Waals surface area contributed by atoms with Crippen molar-refractivity contribution in [3.63, 3.8) is 0 Å². The monoisotopic (exact) mass is 237 g/mol. The van der Waals surface area contributed by atoms with Gasteiger partial charge in [-0.25, -0.2) is 12.8 Å². The van der Waals surface area contributed by atoms with Crippen LogP contribution in [0.2, 0.25) is 0 Å². The Bertz CT molecular complexity index is 284. The van der Waals surface area contributed by atoms with E-state index in [1.165, 1.54) is 0 Å². The molecular weight excluding hydrogens is 217 g/mol. The number of rotatable bonds is 5. The van der Waals surface area contributed by atoms with E-state index in [4.69, 9.17) is 0 Å². The summed E-state index contributed by atoms with van der Waals surface area (Å²) in [5.74, 6) is 0.277. The molecule has 1 aliphatic heterocycles. The molecule has 90 valence electrons. The fourth-order valence-electron chi connectivity index (χ4n) is 1.90. The molecule has 0 aliphatic carbocycles. The van der Waals surface area contributed by atoms with Crippen molar-refractivity contribution in [1.82, 2.24) is 5.32 Å². The first kappa shape index (κ1) is 12.9. The number of sulfone groups is 1. The molecule has 5 heteroatoms. The number of nitrogens with one attached hydrogen (secondary N) is 1. The Morgan fingerprint density at radius 1 is 1.47 bits per heavy atom. The van der Waals surface area contributed by atoms with Crippen LogP contribution in [0, 0.1) is 0 Å². The Labute approximate surface area is 91.4 Å². The quantitative estimate of drug-likeness (QED) is 0.784. The van der Waals surface area contributed by atoms with Crippen LogP contribution in [0.1, 0.15) is 32.6 Å². The Balaban J connectivity index is 2.30. The smallest absolute Gasteiger partial charge is 0.150 e. The van der Waals surface area contributed by atoms with Gasteiger partial charge < -0.3 is 5.32 Å². The second-order valence-electron chi connectivity index (χ2n) is 4.27. The number of halogens is 1. The van der Waals surface area contributed by atoms with E-state index in [0.717, 1.165) is 13.0 Å². The maximum absolute atomic E-state index is 14.0. The lowest BCUT2D eigenvalue weighted by Gasteiger charge is -2.30. The van der Waals surface area contributed by atoms with Gasteiger partial charge in [0.1, 0.15) is 15.5 Å². The van der Waals surface area contributed by atoms with Gasteiger partial charge in [0.15, 0.2) is 0 Å². The fourth-order valence-corrected chi connectivity index (χ4v) is 2.77. The third-order valence-electron chi connectivity index (χ3n) is 2.94. The molecule has 3 nitrogen and oxygen atoms in total. The highest BCUT2D eigenvalue weighted by Gasteiger charge is 2.31. The van der Waals surface area contributed by atoms with E-state index in [1.807, 2.05) is 0 Å². The molecule has 0 spiro atoms. The lowest BCUT2D eigenvalue weighted by atomic mass is 9.92. The van der Waals surface area contributed by atoms with E-state index >= 15 is 0 Å². The first-order valence-corrected chi connectivity index (χ1v) is 7.40. The molecule has 1 saturated heterocycles. The summed E-state index contributed by atoms with van der Waals surface area (Å²) in [5.41, 5.74) is -1.18. The summed E-state index contributed by atoms with van der Waals surface area (Å²) < 4.78 is 36.4. The Morgan fingerprint density at radius 3 is 2.73 bits per heavy atom. The summed E-state index contributed by atoms with van der Waals surface area (Å²) in [4.78, 5) is 0. The van der Waals surface area contributed by atoms with Gasteiger partial charge >= 0.3 is 0 Å². The van der Waals surface area contributed by atoms with Crippen LogP contribution >= 0.6 is 0 Å². The van der Waals surface area contributed by atoms with Gasteiger partial charge in [0, 0.05) is 12.3 Å². The average molecular weight is 237 g/mol. The van der Waals surface area contributed by atoms with Crippen molar-refractivity contribution < 1.29 is 12.8 Å². The van der Waals surface area contributed by atoms with Gasteiger partial charge in [-0.15, -0.1) is 0 Å². The number of hydrogen-bond donors (Lipinski definition) is 1. The zero-order chi connectivity index (χ0) is 11.4. The van der Waals surface area contributed by atoms with Crippen LogP contribution < -0.4 is 5.32 Å². The molecule has 0 bridgehead atoms. The molecule has 0 radical (unpaired) electrons. The second-order valence-corrected chi connectivity index (χ2v) is 6.74. The maximum atomic E-state index is 14.0. The van der Waals surface area contributed by atoms with Crippen LogP contribution in [0.3, 0.4) is 0 Å². The summed E-state index contributed by atoms with van der Waals surface area (Å²) >= 11 is 0. The minimum Gasteiger partial charge on any atom is -0.314 e. The third-order valence-corrected chi connectivity index (χ3v) is 4.73. The zero-order valence-electron chi connectivity index (χ0n) is 9.26. The standard InChI is InChI=1S/C10H20FNO2S/c1-2-15(13,14)8-4-6-10(11)5-3-7-12-9-10/h12H,2-9H2,1H3. The Kier molecular flexibility index (Phi) is 4.52. The first-order chi connectivity index (χ1) is 6.97. The number of alkyl halides is 1. The third kappa shape index (κ3) is 4.47.